The molecule has 1 saturated heterocycles. The topological polar surface area (TPSA) is 57.6 Å². The molecule has 1 heterocycles. The fraction of sp³-hybridized carbons (Fsp3) is 0.500. The van der Waals surface area contributed by atoms with Crippen molar-refractivity contribution in [3.63, 3.8) is 0 Å². The molecule has 0 aliphatic carbocycles. The summed E-state index contributed by atoms with van der Waals surface area (Å²) in [7, 11) is 0. The number of rotatable bonds is 5. The summed E-state index contributed by atoms with van der Waals surface area (Å²) in [4.78, 5) is 24.8. The monoisotopic (exact) mass is 371 g/mol. The normalized spacial score (nSPS) is 18.3. The Labute approximate surface area is 137 Å². The van der Waals surface area contributed by atoms with Gasteiger partial charge in [0.05, 0.1) is 10.9 Å². The minimum absolute atomic E-state index is 0.0125. The molecule has 6 heteroatoms. The number of hydrogen-bond donors (Lipinski definition) is 1. The zero-order chi connectivity index (χ0) is 16.1. The van der Waals surface area contributed by atoms with Crippen LogP contribution in [0.25, 0.3) is 0 Å². The minimum Gasteiger partial charge on any atom is -0.481 e. The summed E-state index contributed by atoms with van der Waals surface area (Å²) in [5.74, 6) is -0.866. The molecule has 22 heavy (non-hydrogen) atoms. The molecule has 1 amide bonds. The van der Waals surface area contributed by atoms with Crippen LogP contribution in [0.5, 0.6) is 0 Å². The summed E-state index contributed by atoms with van der Waals surface area (Å²) >= 11 is 3.12. The van der Waals surface area contributed by atoms with Crippen molar-refractivity contribution in [3.8, 4) is 0 Å². The number of piperidine rings is 1. The lowest BCUT2D eigenvalue weighted by Crippen LogP contribution is -2.40. The van der Waals surface area contributed by atoms with Crippen LogP contribution in [0.4, 0.5) is 4.39 Å². The van der Waals surface area contributed by atoms with Crippen molar-refractivity contribution in [2.24, 2.45) is 5.92 Å². The van der Waals surface area contributed by atoms with Crippen LogP contribution in [-0.4, -0.2) is 35.0 Å². The average molecular weight is 372 g/mol. The Morgan fingerprint density at radius 2 is 2.18 bits per heavy atom. The van der Waals surface area contributed by atoms with Gasteiger partial charge in [0.1, 0.15) is 5.82 Å². The van der Waals surface area contributed by atoms with Crippen molar-refractivity contribution in [2.45, 2.75) is 32.1 Å². The summed E-state index contributed by atoms with van der Waals surface area (Å²) < 4.78 is 13.6. The van der Waals surface area contributed by atoms with E-state index in [9.17, 15) is 14.0 Å². The number of benzene rings is 1. The minimum atomic E-state index is -0.792. The first-order chi connectivity index (χ1) is 10.5. The van der Waals surface area contributed by atoms with Gasteiger partial charge in [-0.05, 0) is 58.8 Å². The molecule has 1 fully saturated rings. The molecule has 1 N–H and O–H groups in total. The highest BCUT2D eigenvalue weighted by Gasteiger charge is 2.24. The highest BCUT2D eigenvalue weighted by Crippen LogP contribution is 2.22. The zero-order valence-corrected chi connectivity index (χ0v) is 13.8. The molecule has 1 unspecified atom stereocenters. The van der Waals surface area contributed by atoms with Crippen LogP contribution in [0.1, 0.15) is 31.2 Å². The van der Waals surface area contributed by atoms with E-state index < -0.39 is 5.97 Å². The van der Waals surface area contributed by atoms with E-state index in [1.165, 1.54) is 6.07 Å². The third kappa shape index (κ3) is 4.80. The largest absolute Gasteiger partial charge is 0.481 e. The van der Waals surface area contributed by atoms with E-state index in [1.54, 1.807) is 17.0 Å². The Morgan fingerprint density at radius 1 is 1.41 bits per heavy atom. The van der Waals surface area contributed by atoms with Crippen LogP contribution in [0.15, 0.2) is 22.7 Å². The third-order valence-corrected chi connectivity index (χ3v) is 4.59. The van der Waals surface area contributed by atoms with E-state index >= 15 is 0 Å². The van der Waals surface area contributed by atoms with Gasteiger partial charge in [-0.15, -0.1) is 0 Å². The van der Waals surface area contributed by atoms with Crippen LogP contribution in [0.3, 0.4) is 0 Å². The second-order valence-corrected chi connectivity index (χ2v) is 6.56. The predicted molar refractivity (Wildman–Crippen MR) is 84.0 cm³/mol. The van der Waals surface area contributed by atoms with Crippen molar-refractivity contribution in [2.75, 3.05) is 13.1 Å². The fourth-order valence-corrected chi connectivity index (χ4v) is 3.22. The van der Waals surface area contributed by atoms with Gasteiger partial charge < -0.3 is 10.0 Å². The number of aliphatic carboxylic acids is 1. The highest BCUT2D eigenvalue weighted by molar-refractivity contribution is 9.10. The number of nitrogens with zero attached hydrogens (tertiary/aromatic N) is 1. The summed E-state index contributed by atoms with van der Waals surface area (Å²) in [5, 5.41) is 8.75. The van der Waals surface area contributed by atoms with Crippen molar-refractivity contribution >= 4 is 27.8 Å². The molecular formula is C16H19BrFNO3. The maximum Gasteiger partial charge on any atom is 0.303 e. The number of carbonyl (C=O) groups excluding carboxylic acids is 1. The molecule has 1 aliphatic rings. The van der Waals surface area contributed by atoms with E-state index in [0.717, 1.165) is 18.4 Å². The fourth-order valence-electron chi connectivity index (χ4n) is 2.79. The van der Waals surface area contributed by atoms with E-state index in [4.69, 9.17) is 5.11 Å². The van der Waals surface area contributed by atoms with E-state index in [1.807, 2.05) is 0 Å². The maximum absolute atomic E-state index is 13.2. The zero-order valence-electron chi connectivity index (χ0n) is 12.2. The lowest BCUT2D eigenvalue weighted by Gasteiger charge is -2.32. The number of hydrogen-bond acceptors (Lipinski definition) is 2. The number of amides is 1. The molecule has 0 radical (unpaired) electrons. The van der Waals surface area contributed by atoms with Crippen molar-refractivity contribution < 1.29 is 19.1 Å². The SMILES string of the molecule is O=C(O)CCC1CCCN(C(=O)Cc2ccc(F)c(Br)c2)C1. The lowest BCUT2D eigenvalue weighted by atomic mass is 9.93. The molecule has 0 aromatic heterocycles. The van der Waals surface area contributed by atoms with Gasteiger partial charge in [0.2, 0.25) is 5.91 Å². The van der Waals surface area contributed by atoms with Gasteiger partial charge in [-0.25, -0.2) is 4.39 Å². The summed E-state index contributed by atoms with van der Waals surface area (Å²) in [6, 6.07) is 4.58. The van der Waals surface area contributed by atoms with Crippen LogP contribution in [0.2, 0.25) is 0 Å². The van der Waals surface area contributed by atoms with Crippen molar-refractivity contribution in [3.05, 3.63) is 34.1 Å². The first-order valence-electron chi connectivity index (χ1n) is 7.39. The smallest absolute Gasteiger partial charge is 0.303 e. The second kappa shape index (κ2) is 7.72. The molecular weight excluding hydrogens is 353 g/mol. The van der Waals surface area contributed by atoms with Gasteiger partial charge in [-0.3, -0.25) is 9.59 Å². The second-order valence-electron chi connectivity index (χ2n) is 5.71. The molecule has 2 rings (SSSR count). The number of carbonyl (C=O) groups is 2. The van der Waals surface area contributed by atoms with Gasteiger partial charge in [-0.2, -0.15) is 0 Å². The maximum atomic E-state index is 13.2. The van der Waals surface area contributed by atoms with Crippen LogP contribution >= 0.6 is 15.9 Å². The van der Waals surface area contributed by atoms with Gasteiger partial charge in [0.15, 0.2) is 0 Å². The average Bonchev–Trinajstić information content (AvgIpc) is 2.49. The third-order valence-electron chi connectivity index (χ3n) is 3.98. The van der Waals surface area contributed by atoms with Gasteiger partial charge in [-0.1, -0.05) is 6.07 Å². The number of carboxylic acids is 1. The molecule has 0 saturated carbocycles. The first-order valence-corrected chi connectivity index (χ1v) is 8.18. The summed E-state index contributed by atoms with van der Waals surface area (Å²) in [6.07, 6.45) is 2.88. The van der Waals surface area contributed by atoms with Crippen LogP contribution in [0, 0.1) is 11.7 Å². The molecule has 4 nitrogen and oxygen atoms in total. The van der Waals surface area contributed by atoms with Crippen LogP contribution in [-0.2, 0) is 16.0 Å². The molecule has 1 aliphatic heterocycles. The van der Waals surface area contributed by atoms with E-state index in [2.05, 4.69) is 15.9 Å². The number of carboxylic acid groups (broad SMARTS) is 1. The van der Waals surface area contributed by atoms with Crippen LogP contribution < -0.4 is 0 Å². The van der Waals surface area contributed by atoms with Gasteiger partial charge >= 0.3 is 5.97 Å². The summed E-state index contributed by atoms with van der Waals surface area (Å²) in [6.45, 7) is 1.33. The summed E-state index contributed by atoms with van der Waals surface area (Å²) in [5.41, 5.74) is 0.769. The standard InChI is InChI=1S/C16H19BrFNO3/c17-13-8-12(3-5-14(13)18)9-15(20)19-7-1-2-11(10-19)4-6-16(21)22/h3,5,8,11H,1-2,4,6-7,9-10H2,(H,21,22). The quantitative estimate of drug-likeness (QED) is 0.864. The van der Waals surface area contributed by atoms with Gasteiger partial charge in [0.25, 0.3) is 0 Å². The number of likely N-dealkylation sites (tertiary alicyclic amines) is 1. The predicted octanol–water partition coefficient (Wildman–Crippen LogP) is 3.23. The van der Waals surface area contributed by atoms with E-state index in [0.29, 0.717) is 24.0 Å². The Morgan fingerprint density at radius 3 is 2.86 bits per heavy atom. The lowest BCUT2D eigenvalue weighted by molar-refractivity contribution is -0.137. The Bertz CT molecular complexity index is 564. The Kier molecular flexibility index (Phi) is 5.94. The first kappa shape index (κ1) is 16.9. The molecule has 1 aromatic rings. The number of halogens is 2. The molecule has 0 spiro atoms. The molecule has 1 aromatic carbocycles. The molecule has 1 atom stereocenters. The van der Waals surface area contributed by atoms with E-state index in [-0.39, 0.29) is 30.5 Å². The molecule has 0 bridgehead atoms. The highest BCUT2D eigenvalue weighted by atomic mass is 79.9. The Hall–Kier alpha value is -1.43. The molecule has 120 valence electrons. The van der Waals surface area contributed by atoms with Gasteiger partial charge in [0, 0.05) is 19.5 Å². The van der Waals surface area contributed by atoms with Crippen molar-refractivity contribution in [1.82, 2.24) is 4.90 Å². The van der Waals surface area contributed by atoms with Crippen molar-refractivity contribution in [1.29, 1.82) is 0 Å². The Balaban J connectivity index is 1.91.